The number of piperidine rings is 1. The average Bonchev–Trinajstić information content (AvgIpc) is 3.08. The molecule has 128 valence electrons. The normalized spacial score (nSPS) is 27.4. The monoisotopic (exact) mass is 358 g/mol. The van der Waals surface area contributed by atoms with E-state index < -0.39 is 16.0 Å². The number of ether oxygens (including phenoxy) is 1. The van der Waals surface area contributed by atoms with Gasteiger partial charge in [-0.25, -0.2) is 13.2 Å². The number of nitrogens with one attached hydrogen (secondary N) is 1. The molecule has 0 aromatic carbocycles. The highest BCUT2D eigenvalue weighted by atomic mass is 32.2. The highest BCUT2D eigenvalue weighted by molar-refractivity contribution is 7.89. The third-order valence-electron chi connectivity index (χ3n) is 4.89. The van der Waals surface area contributed by atoms with E-state index in [1.54, 1.807) is 19.4 Å². The van der Waals surface area contributed by atoms with Crippen molar-refractivity contribution < 1.29 is 17.9 Å². The topological polar surface area (TPSA) is 75.7 Å². The Bertz CT molecular complexity index is 701. The number of aryl methyl sites for hydroxylation is 1. The molecular weight excluding hydrogens is 336 g/mol. The van der Waals surface area contributed by atoms with E-state index in [4.69, 9.17) is 4.74 Å². The predicted octanol–water partition coefficient (Wildman–Crippen LogP) is 1.75. The van der Waals surface area contributed by atoms with Crippen LogP contribution in [0.25, 0.3) is 0 Å². The molecule has 1 aromatic heterocycles. The number of thiophene rings is 1. The van der Waals surface area contributed by atoms with Crippen LogP contribution in [0.5, 0.6) is 0 Å². The van der Waals surface area contributed by atoms with Gasteiger partial charge in [0.2, 0.25) is 10.0 Å². The highest BCUT2D eigenvalue weighted by Crippen LogP contribution is 2.35. The number of esters is 1. The van der Waals surface area contributed by atoms with E-state index in [0.29, 0.717) is 17.6 Å². The van der Waals surface area contributed by atoms with Crippen molar-refractivity contribution in [1.29, 1.82) is 0 Å². The zero-order valence-electron chi connectivity index (χ0n) is 13.5. The Morgan fingerprint density at radius 3 is 2.52 bits per heavy atom. The Labute approximate surface area is 140 Å². The fraction of sp³-hybridized carbons (Fsp3) is 0.667. The summed E-state index contributed by atoms with van der Waals surface area (Å²) < 4.78 is 32.4. The second kappa shape index (κ2) is 6.16. The molecular formula is C15H22N2O4S2. The quantitative estimate of drug-likeness (QED) is 0.830. The van der Waals surface area contributed by atoms with Gasteiger partial charge in [-0.15, -0.1) is 11.3 Å². The van der Waals surface area contributed by atoms with E-state index in [1.807, 2.05) is 0 Å². The molecule has 0 amide bonds. The summed E-state index contributed by atoms with van der Waals surface area (Å²) in [7, 11) is -0.822. The molecule has 2 aliphatic heterocycles. The molecule has 1 N–H and O–H groups in total. The number of sulfonamides is 1. The van der Waals surface area contributed by atoms with Gasteiger partial charge in [-0.1, -0.05) is 0 Å². The minimum Gasteiger partial charge on any atom is -0.465 e. The largest absolute Gasteiger partial charge is 0.465 e. The molecule has 2 atom stereocenters. The molecule has 2 fully saturated rings. The van der Waals surface area contributed by atoms with E-state index in [2.05, 4.69) is 5.32 Å². The number of nitrogens with zero attached hydrogens (tertiary/aromatic N) is 1. The highest BCUT2D eigenvalue weighted by Gasteiger charge is 2.40. The summed E-state index contributed by atoms with van der Waals surface area (Å²) in [5.41, 5.74) is 0.596. The molecule has 3 heterocycles. The van der Waals surface area contributed by atoms with Crippen LogP contribution in [0.4, 0.5) is 0 Å². The molecule has 0 radical (unpaired) electrons. The van der Waals surface area contributed by atoms with Crippen LogP contribution in [-0.2, 0) is 14.8 Å². The summed E-state index contributed by atoms with van der Waals surface area (Å²) in [6.07, 6.45) is 3.87. The molecule has 0 spiro atoms. The van der Waals surface area contributed by atoms with Crippen LogP contribution in [0.15, 0.2) is 10.3 Å². The number of carbonyl (C=O) groups excluding carboxylic acids is 1. The van der Waals surface area contributed by atoms with E-state index in [0.717, 1.165) is 37.0 Å². The molecule has 3 rings (SSSR count). The number of rotatable bonds is 4. The average molecular weight is 358 g/mol. The van der Waals surface area contributed by atoms with E-state index in [9.17, 15) is 13.2 Å². The maximum atomic E-state index is 13.1. The number of carbonyl (C=O) groups is 1. The lowest BCUT2D eigenvalue weighted by molar-refractivity contribution is 0.0602. The van der Waals surface area contributed by atoms with Gasteiger partial charge in [-0.3, -0.25) is 0 Å². The van der Waals surface area contributed by atoms with Crippen LogP contribution in [0.2, 0.25) is 0 Å². The van der Waals surface area contributed by atoms with Crippen LogP contribution >= 0.6 is 11.3 Å². The van der Waals surface area contributed by atoms with Gasteiger partial charge in [0, 0.05) is 25.2 Å². The first kappa shape index (κ1) is 16.9. The molecule has 0 aliphatic carbocycles. The van der Waals surface area contributed by atoms with Gasteiger partial charge in [-0.05, 0) is 43.6 Å². The van der Waals surface area contributed by atoms with Crippen LogP contribution < -0.4 is 5.32 Å². The number of hydrogen-bond acceptors (Lipinski definition) is 6. The minimum absolute atomic E-state index is 0.0245. The van der Waals surface area contributed by atoms with Crippen molar-refractivity contribution >= 4 is 27.3 Å². The van der Waals surface area contributed by atoms with Crippen molar-refractivity contribution in [3.05, 3.63) is 15.8 Å². The summed E-state index contributed by atoms with van der Waals surface area (Å²) in [6, 6.07) is 0.781. The molecule has 6 nitrogen and oxygen atoms in total. The van der Waals surface area contributed by atoms with E-state index in [1.165, 1.54) is 11.4 Å². The number of hydrogen-bond donors (Lipinski definition) is 1. The van der Waals surface area contributed by atoms with Crippen molar-refractivity contribution in [2.24, 2.45) is 0 Å². The van der Waals surface area contributed by atoms with Crippen LogP contribution in [0, 0.1) is 6.92 Å². The Hall–Kier alpha value is -0.960. The fourth-order valence-electron chi connectivity index (χ4n) is 3.65. The minimum atomic E-state index is -3.72. The van der Waals surface area contributed by atoms with Crippen molar-refractivity contribution in [3.63, 3.8) is 0 Å². The lowest BCUT2D eigenvalue weighted by atomic mass is 10.0. The SMILES string of the molecule is COC(=O)c1scc(C)c1S(=O)(=O)N(C)C1CC2CCC(C1)N2. The van der Waals surface area contributed by atoms with Crippen molar-refractivity contribution in [1.82, 2.24) is 9.62 Å². The van der Waals surface area contributed by atoms with Crippen LogP contribution in [0.3, 0.4) is 0 Å². The van der Waals surface area contributed by atoms with Gasteiger partial charge in [0.05, 0.1) is 7.11 Å². The maximum absolute atomic E-state index is 13.1. The molecule has 2 bridgehead atoms. The first-order valence-electron chi connectivity index (χ1n) is 7.75. The first-order chi connectivity index (χ1) is 10.8. The molecule has 2 unspecified atom stereocenters. The summed E-state index contributed by atoms with van der Waals surface area (Å²) in [5.74, 6) is -0.597. The Kier molecular flexibility index (Phi) is 4.52. The van der Waals surface area contributed by atoms with Crippen molar-refractivity contribution in [2.75, 3.05) is 14.2 Å². The summed E-state index contributed by atoms with van der Waals surface area (Å²) in [6.45, 7) is 1.72. The van der Waals surface area contributed by atoms with Crippen molar-refractivity contribution in [3.8, 4) is 0 Å². The second-order valence-corrected chi connectivity index (χ2v) is 9.17. The third kappa shape index (κ3) is 2.93. The molecule has 1 aromatic rings. The molecule has 0 saturated carbocycles. The zero-order chi connectivity index (χ0) is 16.8. The molecule has 8 heteroatoms. The van der Waals surface area contributed by atoms with Crippen molar-refractivity contribution in [2.45, 2.75) is 55.6 Å². The molecule has 23 heavy (non-hydrogen) atoms. The number of methoxy groups -OCH3 is 1. The van der Waals surface area contributed by atoms with Gasteiger partial charge >= 0.3 is 5.97 Å². The molecule has 2 saturated heterocycles. The predicted molar refractivity (Wildman–Crippen MR) is 88.3 cm³/mol. The van der Waals surface area contributed by atoms with Crippen LogP contribution in [-0.4, -0.2) is 51.0 Å². The van der Waals surface area contributed by atoms with Gasteiger partial charge in [0.25, 0.3) is 0 Å². The molecule has 2 aliphatic rings. The lowest BCUT2D eigenvalue weighted by Gasteiger charge is -2.35. The van der Waals surface area contributed by atoms with Gasteiger partial charge in [0.15, 0.2) is 0 Å². The van der Waals surface area contributed by atoms with Gasteiger partial charge in [0.1, 0.15) is 9.77 Å². The lowest BCUT2D eigenvalue weighted by Crippen LogP contribution is -2.48. The maximum Gasteiger partial charge on any atom is 0.349 e. The smallest absolute Gasteiger partial charge is 0.349 e. The van der Waals surface area contributed by atoms with Gasteiger partial charge in [-0.2, -0.15) is 4.31 Å². The van der Waals surface area contributed by atoms with Gasteiger partial charge < -0.3 is 10.1 Å². The first-order valence-corrected chi connectivity index (χ1v) is 10.1. The standard InChI is InChI=1S/C15H22N2O4S2/c1-9-8-22-13(15(18)21-3)14(9)23(19,20)17(2)12-6-10-4-5-11(7-12)16-10/h8,10-12,16H,4-7H2,1-3H3. The Balaban J connectivity index is 1.92. The van der Waals surface area contributed by atoms with Crippen LogP contribution in [0.1, 0.15) is 40.9 Å². The second-order valence-electron chi connectivity index (χ2n) is 6.35. The third-order valence-corrected chi connectivity index (χ3v) is 8.19. The zero-order valence-corrected chi connectivity index (χ0v) is 15.2. The van der Waals surface area contributed by atoms with E-state index >= 15 is 0 Å². The Morgan fingerprint density at radius 1 is 1.35 bits per heavy atom. The summed E-state index contributed by atoms with van der Waals surface area (Å²) in [5, 5.41) is 5.21. The summed E-state index contributed by atoms with van der Waals surface area (Å²) in [4.78, 5) is 12.2. The Morgan fingerprint density at radius 2 is 1.96 bits per heavy atom. The van der Waals surface area contributed by atoms with E-state index in [-0.39, 0.29) is 15.8 Å². The summed E-state index contributed by atoms with van der Waals surface area (Å²) >= 11 is 1.12. The number of fused-ring (bicyclic) bond motifs is 2. The fourth-order valence-corrected chi connectivity index (χ4v) is 6.68.